The monoisotopic (exact) mass is 309 g/mol. The number of hydrogen-bond donors (Lipinski definition) is 0. The summed E-state index contributed by atoms with van der Waals surface area (Å²) in [7, 11) is 0. The highest BCUT2D eigenvalue weighted by Crippen LogP contribution is 2.28. The van der Waals surface area contributed by atoms with Crippen LogP contribution in [0.3, 0.4) is 0 Å². The third-order valence-electron chi connectivity index (χ3n) is 3.78. The van der Waals surface area contributed by atoms with Crippen LogP contribution in [0.5, 0.6) is 0 Å². The predicted octanol–water partition coefficient (Wildman–Crippen LogP) is 3.81. The van der Waals surface area contributed by atoms with Crippen LogP contribution < -0.4 is 0 Å². The van der Waals surface area contributed by atoms with Gasteiger partial charge in [0.2, 0.25) is 0 Å². The smallest absolute Gasteiger partial charge is 0.160 e. The second-order valence-corrected chi connectivity index (χ2v) is 7.21. The zero-order chi connectivity index (χ0) is 13.9. The van der Waals surface area contributed by atoms with Crippen molar-refractivity contribution in [3.8, 4) is 0 Å². The van der Waals surface area contributed by atoms with Gasteiger partial charge in [0, 0.05) is 30.3 Å². The quantitative estimate of drug-likeness (QED) is 0.805. The third kappa shape index (κ3) is 2.96. The molecule has 1 saturated heterocycles. The van der Waals surface area contributed by atoms with Crippen molar-refractivity contribution in [2.24, 2.45) is 0 Å². The summed E-state index contributed by atoms with van der Waals surface area (Å²) in [5, 5.41) is 0.693. The largest absolute Gasteiger partial charge is 0.312 e. The molecule has 2 aromatic rings. The fraction of sp³-hybridized carbons (Fsp3) is 0.600. The number of aromatic nitrogens is 3. The molecule has 5 heteroatoms. The van der Waals surface area contributed by atoms with Crippen molar-refractivity contribution < 1.29 is 0 Å². The molecule has 108 valence electrons. The van der Waals surface area contributed by atoms with Gasteiger partial charge >= 0.3 is 0 Å². The Labute approximate surface area is 129 Å². The Kier molecular flexibility index (Phi) is 4.51. The number of nitrogens with zero attached hydrogens (tertiary/aromatic N) is 3. The lowest BCUT2D eigenvalue weighted by atomic mass is 10.2. The maximum atomic E-state index is 5.93. The van der Waals surface area contributed by atoms with Crippen LogP contribution in [0.4, 0.5) is 0 Å². The average molecular weight is 310 g/mol. The highest BCUT2D eigenvalue weighted by atomic mass is 35.5. The molecule has 0 radical (unpaired) electrons. The van der Waals surface area contributed by atoms with E-state index in [9.17, 15) is 0 Å². The van der Waals surface area contributed by atoms with E-state index in [1.54, 1.807) is 0 Å². The molecule has 0 N–H and O–H groups in total. The molecule has 1 fully saturated rings. The van der Waals surface area contributed by atoms with Crippen LogP contribution in [0.2, 0.25) is 0 Å². The zero-order valence-electron chi connectivity index (χ0n) is 11.8. The van der Waals surface area contributed by atoms with Crippen LogP contribution in [0.1, 0.15) is 30.7 Å². The molecule has 3 rings (SSSR count). The molecule has 20 heavy (non-hydrogen) atoms. The fourth-order valence-electron chi connectivity index (χ4n) is 2.78. The van der Waals surface area contributed by atoms with Crippen LogP contribution in [0.15, 0.2) is 12.3 Å². The molecule has 3 nitrogen and oxygen atoms in total. The van der Waals surface area contributed by atoms with Gasteiger partial charge in [0.05, 0.1) is 0 Å². The van der Waals surface area contributed by atoms with Crippen molar-refractivity contribution in [2.45, 2.75) is 44.4 Å². The maximum Gasteiger partial charge on any atom is 0.160 e. The molecule has 3 heterocycles. The van der Waals surface area contributed by atoms with Crippen LogP contribution >= 0.6 is 23.4 Å². The second-order valence-electron chi connectivity index (χ2n) is 5.42. The normalized spacial score (nSPS) is 19.6. The Morgan fingerprint density at radius 1 is 1.45 bits per heavy atom. The lowest BCUT2D eigenvalue weighted by molar-refractivity contribution is 0.575. The molecule has 1 unspecified atom stereocenters. The van der Waals surface area contributed by atoms with E-state index in [1.807, 2.05) is 6.20 Å². The molecule has 1 atom stereocenters. The van der Waals surface area contributed by atoms with Crippen molar-refractivity contribution >= 4 is 34.5 Å². The van der Waals surface area contributed by atoms with Gasteiger partial charge in [0.1, 0.15) is 11.3 Å². The molecule has 0 bridgehead atoms. The van der Waals surface area contributed by atoms with E-state index in [0.717, 1.165) is 35.5 Å². The highest BCUT2D eigenvalue weighted by molar-refractivity contribution is 7.99. The number of imidazole rings is 1. The lowest BCUT2D eigenvalue weighted by Crippen LogP contribution is -2.19. The van der Waals surface area contributed by atoms with E-state index in [2.05, 4.69) is 34.3 Å². The zero-order valence-corrected chi connectivity index (χ0v) is 13.4. The minimum absolute atomic E-state index is 0.611. The Balaban J connectivity index is 1.95. The molecular formula is C15H20ClN3S. The number of alkyl halides is 1. The highest BCUT2D eigenvalue weighted by Gasteiger charge is 2.19. The number of halogens is 1. The first-order chi connectivity index (χ1) is 9.78. The van der Waals surface area contributed by atoms with Gasteiger partial charge in [0.15, 0.2) is 5.65 Å². The Bertz CT molecular complexity index is 590. The maximum absolute atomic E-state index is 5.93. The van der Waals surface area contributed by atoms with Crippen molar-refractivity contribution in [1.29, 1.82) is 0 Å². The van der Waals surface area contributed by atoms with Crippen LogP contribution in [0, 0.1) is 6.92 Å². The van der Waals surface area contributed by atoms with Gasteiger partial charge in [-0.15, -0.1) is 11.6 Å². The van der Waals surface area contributed by atoms with Crippen LogP contribution in [0.25, 0.3) is 11.2 Å². The standard InChI is InChI=1S/C15H20ClN3S/c1-11-8-13-15(17-9-11)19(14(18-13)5-6-16)10-12-4-2-3-7-20-12/h8-9,12H,2-7,10H2,1H3. The molecule has 0 spiro atoms. The number of rotatable bonds is 4. The number of aryl methyl sites for hydroxylation is 2. The van der Waals surface area contributed by atoms with Crippen molar-refractivity contribution in [3.63, 3.8) is 0 Å². The van der Waals surface area contributed by atoms with Crippen LogP contribution in [-0.2, 0) is 13.0 Å². The van der Waals surface area contributed by atoms with Crippen molar-refractivity contribution in [3.05, 3.63) is 23.7 Å². The van der Waals surface area contributed by atoms with Gasteiger partial charge in [0.25, 0.3) is 0 Å². The molecule has 0 saturated carbocycles. The number of fused-ring (bicyclic) bond motifs is 1. The van der Waals surface area contributed by atoms with E-state index in [4.69, 9.17) is 16.6 Å². The number of hydrogen-bond acceptors (Lipinski definition) is 3. The summed E-state index contributed by atoms with van der Waals surface area (Å²) < 4.78 is 2.29. The molecule has 1 aliphatic rings. The van der Waals surface area contributed by atoms with E-state index >= 15 is 0 Å². The first-order valence-corrected chi connectivity index (χ1v) is 8.85. The summed E-state index contributed by atoms with van der Waals surface area (Å²) in [6, 6.07) is 2.12. The molecule has 0 aliphatic carbocycles. The Morgan fingerprint density at radius 3 is 3.10 bits per heavy atom. The van der Waals surface area contributed by atoms with Crippen molar-refractivity contribution in [2.75, 3.05) is 11.6 Å². The van der Waals surface area contributed by atoms with Gasteiger partial charge in [-0.3, -0.25) is 0 Å². The van der Waals surface area contributed by atoms with E-state index < -0.39 is 0 Å². The van der Waals surface area contributed by atoms with Crippen molar-refractivity contribution in [1.82, 2.24) is 14.5 Å². The minimum atomic E-state index is 0.611. The van der Waals surface area contributed by atoms with E-state index in [0.29, 0.717) is 11.1 Å². The topological polar surface area (TPSA) is 30.7 Å². The Hall–Kier alpha value is -0.740. The summed E-state index contributed by atoms with van der Waals surface area (Å²) in [6.45, 7) is 3.08. The van der Waals surface area contributed by atoms with Gasteiger partial charge in [-0.25, -0.2) is 9.97 Å². The molecule has 0 aromatic carbocycles. The van der Waals surface area contributed by atoms with Crippen LogP contribution in [-0.4, -0.2) is 31.4 Å². The summed E-state index contributed by atoms with van der Waals surface area (Å²) in [5.41, 5.74) is 3.18. The molecular weight excluding hydrogens is 290 g/mol. The van der Waals surface area contributed by atoms with Gasteiger partial charge in [-0.1, -0.05) is 6.42 Å². The lowest BCUT2D eigenvalue weighted by Gasteiger charge is -2.22. The molecule has 2 aromatic heterocycles. The first-order valence-electron chi connectivity index (χ1n) is 7.27. The fourth-order valence-corrected chi connectivity index (χ4v) is 4.24. The summed E-state index contributed by atoms with van der Waals surface area (Å²) in [4.78, 5) is 9.33. The minimum Gasteiger partial charge on any atom is -0.312 e. The third-order valence-corrected chi connectivity index (χ3v) is 5.35. The number of thioether (sulfide) groups is 1. The SMILES string of the molecule is Cc1cnc2c(c1)nc(CCCl)n2CC1CCCCS1. The summed E-state index contributed by atoms with van der Waals surface area (Å²) in [6.07, 6.45) is 6.75. The van der Waals surface area contributed by atoms with E-state index in [-0.39, 0.29) is 0 Å². The van der Waals surface area contributed by atoms with Gasteiger partial charge < -0.3 is 4.57 Å². The average Bonchev–Trinajstić information content (AvgIpc) is 2.77. The predicted molar refractivity (Wildman–Crippen MR) is 86.8 cm³/mol. The summed E-state index contributed by atoms with van der Waals surface area (Å²) >= 11 is 8.02. The first kappa shape index (κ1) is 14.2. The second kappa shape index (κ2) is 6.35. The number of pyridine rings is 1. The molecule has 0 amide bonds. The van der Waals surface area contributed by atoms with Gasteiger partial charge in [-0.05, 0) is 37.1 Å². The summed E-state index contributed by atoms with van der Waals surface area (Å²) in [5.74, 6) is 2.98. The molecule has 1 aliphatic heterocycles. The van der Waals surface area contributed by atoms with Gasteiger partial charge in [-0.2, -0.15) is 11.8 Å². The van der Waals surface area contributed by atoms with E-state index in [1.165, 1.54) is 25.0 Å². The Morgan fingerprint density at radius 2 is 2.35 bits per heavy atom.